The topological polar surface area (TPSA) is 34.1 Å². The summed E-state index contributed by atoms with van der Waals surface area (Å²) in [6, 6.07) is 6.22. The van der Waals surface area contributed by atoms with Gasteiger partial charge in [-0.1, -0.05) is 32.8 Å². The molecular formula is C13H22N2O. The van der Waals surface area contributed by atoms with Crippen LogP contribution < -0.4 is 10.1 Å². The number of hydrogen-bond acceptors (Lipinski definition) is 3. The fraction of sp³-hybridized carbons (Fsp3) is 0.615. The van der Waals surface area contributed by atoms with Crippen LogP contribution in [-0.4, -0.2) is 18.1 Å². The quantitative estimate of drug-likeness (QED) is 0.801. The summed E-state index contributed by atoms with van der Waals surface area (Å²) < 4.78 is 5.10. The Morgan fingerprint density at radius 2 is 2.00 bits per heavy atom. The first-order chi connectivity index (χ1) is 7.71. The number of ether oxygens (including phenoxy) is 1. The molecule has 1 aromatic rings. The molecule has 1 N–H and O–H groups in total. The van der Waals surface area contributed by atoms with E-state index in [1.54, 1.807) is 7.11 Å². The molecular weight excluding hydrogens is 200 g/mol. The molecule has 0 aliphatic rings. The second-order valence-corrected chi connectivity index (χ2v) is 4.07. The van der Waals surface area contributed by atoms with E-state index >= 15 is 0 Å². The average Bonchev–Trinajstić information content (AvgIpc) is 2.31. The van der Waals surface area contributed by atoms with Crippen LogP contribution in [0.3, 0.4) is 0 Å². The SMILES string of the molecule is CCC(CC)C(C)Nc1cccc(OC)n1. The summed E-state index contributed by atoms with van der Waals surface area (Å²) in [7, 11) is 1.64. The predicted octanol–water partition coefficient (Wildman–Crippen LogP) is 3.33. The second-order valence-electron chi connectivity index (χ2n) is 4.07. The van der Waals surface area contributed by atoms with Crippen LogP contribution in [0.1, 0.15) is 33.6 Å². The summed E-state index contributed by atoms with van der Waals surface area (Å²) in [5, 5.41) is 3.43. The van der Waals surface area contributed by atoms with E-state index in [2.05, 4.69) is 31.1 Å². The van der Waals surface area contributed by atoms with Crippen LogP contribution >= 0.6 is 0 Å². The van der Waals surface area contributed by atoms with Gasteiger partial charge in [-0.3, -0.25) is 0 Å². The zero-order valence-electron chi connectivity index (χ0n) is 10.7. The first-order valence-electron chi connectivity index (χ1n) is 5.98. The van der Waals surface area contributed by atoms with Crippen molar-refractivity contribution < 1.29 is 4.74 Å². The number of hydrogen-bond donors (Lipinski definition) is 1. The van der Waals surface area contributed by atoms with Gasteiger partial charge in [0.05, 0.1) is 7.11 Å². The second kappa shape index (κ2) is 6.36. The Bertz CT molecular complexity index is 311. The number of aromatic nitrogens is 1. The minimum Gasteiger partial charge on any atom is -0.481 e. The van der Waals surface area contributed by atoms with E-state index in [0.717, 1.165) is 5.82 Å². The summed E-state index contributed by atoms with van der Waals surface area (Å²) in [6.07, 6.45) is 2.38. The third-order valence-corrected chi connectivity index (χ3v) is 3.06. The van der Waals surface area contributed by atoms with Crippen molar-refractivity contribution in [3.63, 3.8) is 0 Å². The molecule has 0 aromatic carbocycles. The third kappa shape index (κ3) is 3.40. The largest absolute Gasteiger partial charge is 0.481 e. The predicted molar refractivity (Wildman–Crippen MR) is 67.9 cm³/mol. The van der Waals surface area contributed by atoms with Crippen molar-refractivity contribution in [3.8, 4) is 5.88 Å². The minimum atomic E-state index is 0.439. The first-order valence-corrected chi connectivity index (χ1v) is 5.98. The highest BCUT2D eigenvalue weighted by molar-refractivity contribution is 5.38. The molecule has 0 saturated carbocycles. The van der Waals surface area contributed by atoms with E-state index in [0.29, 0.717) is 17.8 Å². The monoisotopic (exact) mass is 222 g/mol. The molecule has 1 heterocycles. The van der Waals surface area contributed by atoms with Gasteiger partial charge in [-0.05, 0) is 18.9 Å². The number of nitrogens with zero attached hydrogens (tertiary/aromatic N) is 1. The lowest BCUT2D eigenvalue weighted by molar-refractivity contribution is 0.397. The van der Waals surface area contributed by atoms with Gasteiger partial charge >= 0.3 is 0 Å². The Morgan fingerprint density at radius 3 is 2.56 bits per heavy atom. The van der Waals surface area contributed by atoms with Crippen LogP contribution in [0.4, 0.5) is 5.82 Å². The number of nitrogens with one attached hydrogen (secondary N) is 1. The van der Waals surface area contributed by atoms with Gasteiger partial charge in [0.2, 0.25) is 5.88 Å². The van der Waals surface area contributed by atoms with Crippen molar-refractivity contribution >= 4 is 5.82 Å². The fourth-order valence-corrected chi connectivity index (χ4v) is 1.96. The van der Waals surface area contributed by atoms with Crippen LogP contribution in [-0.2, 0) is 0 Å². The molecule has 0 spiro atoms. The van der Waals surface area contributed by atoms with Crippen molar-refractivity contribution in [2.75, 3.05) is 12.4 Å². The molecule has 0 saturated heterocycles. The molecule has 0 aliphatic carbocycles. The highest BCUT2D eigenvalue weighted by atomic mass is 16.5. The van der Waals surface area contributed by atoms with Gasteiger partial charge in [-0.2, -0.15) is 4.98 Å². The Labute approximate surface area is 98.2 Å². The zero-order valence-corrected chi connectivity index (χ0v) is 10.7. The van der Waals surface area contributed by atoms with Gasteiger partial charge in [0.1, 0.15) is 5.82 Å². The maximum atomic E-state index is 5.10. The van der Waals surface area contributed by atoms with E-state index < -0.39 is 0 Å². The van der Waals surface area contributed by atoms with E-state index in [1.807, 2.05) is 18.2 Å². The lowest BCUT2D eigenvalue weighted by Crippen LogP contribution is -2.25. The molecule has 1 rings (SSSR count). The van der Waals surface area contributed by atoms with E-state index in [4.69, 9.17) is 4.74 Å². The molecule has 0 fully saturated rings. The molecule has 1 aromatic heterocycles. The first kappa shape index (κ1) is 12.8. The summed E-state index contributed by atoms with van der Waals surface area (Å²) in [5.74, 6) is 2.23. The van der Waals surface area contributed by atoms with E-state index in [9.17, 15) is 0 Å². The Morgan fingerprint density at radius 1 is 1.31 bits per heavy atom. The number of methoxy groups -OCH3 is 1. The average molecular weight is 222 g/mol. The minimum absolute atomic E-state index is 0.439. The maximum Gasteiger partial charge on any atom is 0.214 e. The number of anilines is 1. The highest BCUT2D eigenvalue weighted by Crippen LogP contribution is 2.18. The Kier molecular flexibility index (Phi) is 5.09. The van der Waals surface area contributed by atoms with Crippen LogP contribution in [0.5, 0.6) is 5.88 Å². The Balaban J connectivity index is 2.64. The van der Waals surface area contributed by atoms with Crippen molar-refractivity contribution in [1.29, 1.82) is 0 Å². The molecule has 3 heteroatoms. The van der Waals surface area contributed by atoms with Crippen molar-refractivity contribution in [2.45, 2.75) is 39.7 Å². The Hall–Kier alpha value is -1.25. The molecule has 90 valence electrons. The standard InChI is InChI=1S/C13H22N2O/c1-5-11(6-2)10(3)14-12-8-7-9-13(15-12)16-4/h7-11H,5-6H2,1-4H3,(H,14,15). The highest BCUT2D eigenvalue weighted by Gasteiger charge is 2.13. The van der Waals surface area contributed by atoms with Crippen molar-refractivity contribution in [1.82, 2.24) is 4.98 Å². The van der Waals surface area contributed by atoms with Crippen molar-refractivity contribution in [3.05, 3.63) is 18.2 Å². The van der Waals surface area contributed by atoms with Crippen LogP contribution in [0.15, 0.2) is 18.2 Å². The summed E-state index contributed by atoms with van der Waals surface area (Å²) in [6.45, 7) is 6.66. The van der Waals surface area contributed by atoms with Crippen LogP contribution in [0.2, 0.25) is 0 Å². The molecule has 0 bridgehead atoms. The lowest BCUT2D eigenvalue weighted by atomic mass is 9.95. The molecule has 1 atom stereocenters. The van der Waals surface area contributed by atoms with Crippen molar-refractivity contribution in [2.24, 2.45) is 5.92 Å². The molecule has 16 heavy (non-hydrogen) atoms. The smallest absolute Gasteiger partial charge is 0.214 e. The van der Waals surface area contributed by atoms with Gasteiger partial charge in [0.15, 0.2) is 0 Å². The van der Waals surface area contributed by atoms with Crippen LogP contribution in [0.25, 0.3) is 0 Å². The number of pyridine rings is 1. The van der Waals surface area contributed by atoms with Gasteiger partial charge in [-0.25, -0.2) is 0 Å². The van der Waals surface area contributed by atoms with E-state index in [-0.39, 0.29) is 0 Å². The fourth-order valence-electron chi connectivity index (χ4n) is 1.96. The van der Waals surface area contributed by atoms with Gasteiger partial charge in [-0.15, -0.1) is 0 Å². The normalized spacial score (nSPS) is 12.6. The lowest BCUT2D eigenvalue weighted by Gasteiger charge is -2.23. The molecule has 3 nitrogen and oxygen atoms in total. The zero-order chi connectivity index (χ0) is 12.0. The summed E-state index contributed by atoms with van der Waals surface area (Å²) in [4.78, 5) is 4.35. The van der Waals surface area contributed by atoms with Crippen LogP contribution in [0, 0.1) is 5.92 Å². The van der Waals surface area contributed by atoms with Gasteiger partial charge < -0.3 is 10.1 Å². The molecule has 1 unspecified atom stereocenters. The summed E-state index contributed by atoms with van der Waals surface area (Å²) >= 11 is 0. The molecule has 0 radical (unpaired) electrons. The van der Waals surface area contributed by atoms with E-state index in [1.165, 1.54) is 12.8 Å². The molecule has 0 amide bonds. The molecule has 0 aliphatic heterocycles. The third-order valence-electron chi connectivity index (χ3n) is 3.06. The number of rotatable bonds is 6. The van der Waals surface area contributed by atoms with Gasteiger partial charge in [0, 0.05) is 12.1 Å². The maximum absolute atomic E-state index is 5.10. The summed E-state index contributed by atoms with van der Waals surface area (Å²) in [5.41, 5.74) is 0. The van der Waals surface area contributed by atoms with Gasteiger partial charge in [0.25, 0.3) is 0 Å².